The van der Waals surface area contributed by atoms with E-state index in [4.69, 9.17) is 14.5 Å². The van der Waals surface area contributed by atoms with Crippen molar-refractivity contribution in [1.29, 1.82) is 0 Å². The van der Waals surface area contributed by atoms with Crippen molar-refractivity contribution in [2.75, 3.05) is 19.5 Å². The van der Waals surface area contributed by atoms with Gasteiger partial charge in [-0.05, 0) is 43.2 Å². The third kappa shape index (κ3) is 3.09. The van der Waals surface area contributed by atoms with Crippen LogP contribution in [0.3, 0.4) is 0 Å². The number of nitrogens with zero attached hydrogens (tertiary/aromatic N) is 2. The van der Waals surface area contributed by atoms with Crippen LogP contribution in [0.1, 0.15) is 32.1 Å². The molecule has 5 nitrogen and oxygen atoms in total. The van der Waals surface area contributed by atoms with Crippen LogP contribution in [0.5, 0.6) is 11.5 Å². The molecule has 2 aromatic heterocycles. The number of fused-ring (bicyclic) bond motifs is 1. The summed E-state index contributed by atoms with van der Waals surface area (Å²) in [4.78, 5) is 4.88. The highest BCUT2D eigenvalue weighted by Crippen LogP contribution is 2.36. The number of aromatic nitrogens is 2. The van der Waals surface area contributed by atoms with Crippen LogP contribution in [0.4, 0.5) is 5.82 Å². The first-order valence-electron chi connectivity index (χ1n) is 9.26. The minimum absolute atomic E-state index is 0.503. The van der Waals surface area contributed by atoms with Gasteiger partial charge in [0.25, 0.3) is 0 Å². The summed E-state index contributed by atoms with van der Waals surface area (Å²) in [5, 5.41) is 3.77. The number of pyridine rings is 1. The topological polar surface area (TPSA) is 47.8 Å². The summed E-state index contributed by atoms with van der Waals surface area (Å²) in [5.74, 6) is 2.49. The quantitative estimate of drug-likeness (QED) is 0.720. The first kappa shape index (κ1) is 16.8. The van der Waals surface area contributed by atoms with Crippen LogP contribution >= 0.6 is 0 Å². The fourth-order valence-corrected chi connectivity index (χ4v) is 3.76. The number of anilines is 1. The third-order valence-electron chi connectivity index (χ3n) is 5.13. The van der Waals surface area contributed by atoms with Crippen molar-refractivity contribution >= 4 is 11.5 Å². The Hall–Kier alpha value is -2.69. The SMILES string of the molecule is COc1ccc(-c2nc3ccccn3c2NC2CCCCC2)cc1OC. The largest absolute Gasteiger partial charge is 0.493 e. The van der Waals surface area contributed by atoms with E-state index >= 15 is 0 Å². The number of ether oxygens (including phenoxy) is 2. The Labute approximate surface area is 154 Å². The Morgan fingerprint density at radius 2 is 1.81 bits per heavy atom. The van der Waals surface area contributed by atoms with Crippen molar-refractivity contribution in [2.45, 2.75) is 38.1 Å². The van der Waals surface area contributed by atoms with Gasteiger partial charge in [0.1, 0.15) is 17.2 Å². The maximum Gasteiger partial charge on any atom is 0.161 e. The molecule has 1 aliphatic carbocycles. The number of imidazole rings is 1. The zero-order chi connectivity index (χ0) is 17.9. The number of methoxy groups -OCH3 is 2. The van der Waals surface area contributed by atoms with Gasteiger partial charge in [0, 0.05) is 17.8 Å². The van der Waals surface area contributed by atoms with E-state index in [1.807, 2.05) is 36.4 Å². The van der Waals surface area contributed by atoms with Crippen molar-refractivity contribution in [3.05, 3.63) is 42.6 Å². The summed E-state index contributed by atoms with van der Waals surface area (Å²) in [6, 6.07) is 12.6. The molecular formula is C21H25N3O2. The number of nitrogens with one attached hydrogen (secondary N) is 1. The maximum absolute atomic E-state index is 5.48. The molecule has 0 amide bonds. The molecule has 1 aromatic carbocycles. The second kappa shape index (κ2) is 7.28. The lowest BCUT2D eigenvalue weighted by Gasteiger charge is -2.24. The van der Waals surface area contributed by atoms with E-state index in [0.717, 1.165) is 28.5 Å². The predicted molar refractivity (Wildman–Crippen MR) is 104 cm³/mol. The van der Waals surface area contributed by atoms with Crippen LogP contribution in [-0.2, 0) is 0 Å². The van der Waals surface area contributed by atoms with E-state index < -0.39 is 0 Å². The van der Waals surface area contributed by atoms with E-state index in [2.05, 4.69) is 15.9 Å². The first-order valence-corrected chi connectivity index (χ1v) is 9.26. The molecule has 1 fully saturated rings. The lowest BCUT2D eigenvalue weighted by Crippen LogP contribution is -2.23. The van der Waals surface area contributed by atoms with E-state index in [0.29, 0.717) is 11.8 Å². The highest BCUT2D eigenvalue weighted by molar-refractivity contribution is 5.78. The van der Waals surface area contributed by atoms with Crippen molar-refractivity contribution in [1.82, 2.24) is 9.38 Å². The lowest BCUT2D eigenvalue weighted by molar-refractivity contribution is 0.355. The van der Waals surface area contributed by atoms with Crippen LogP contribution in [0.25, 0.3) is 16.9 Å². The minimum Gasteiger partial charge on any atom is -0.493 e. The van der Waals surface area contributed by atoms with Gasteiger partial charge in [0.05, 0.1) is 14.2 Å². The molecule has 1 saturated carbocycles. The van der Waals surface area contributed by atoms with Gasteiger partial charge in [-0.15, -0.1) is 0 Å². The van der Waals surface area contributed by atoms with Crippen molar-refractivity contribution < 1.29 is 9.47 Å². The van der Waals surface area contributed by atoms with Crippen LogP contribution in [-0.4, -0.2) is 29.6 Å². The van der Waals surface area contributed by atoms with Crippen LogP contribution in [0.15, 0.2) is 42.6 Å². The maximum atomic E-state index is 5.48. The highest BCUT2D eigenvalue weighted by atomic mass is 16.5. The summed E-state index contributed by atoms with van der Waals surface area (Å²) in [6.45, 7) is 0. The van der Waals surface area contributed by atoms with E-state index in [9.17, 15) is 0 Å². The van der Waals surface area contributed by atoms with Gasteiger partial charge in [0.15, 0.2) is 11.5 Å². The van der Waals surface area contributed by atoms with Gasteiger partial charge < -0.3 is 14.8 Å². The standard InChI is InChI=1S/C21H25N3O2/c1-25-17-12-11-15(14-18(17)26-2)20-21(22-16-8-4-3-5-9-16)24-13-7-6-10-19(24)23-20/h6-7,10-14,16,22H,3-5,8-9H2,1-2H3. The lowest BCUT2D eigenvalue weighted by atomic mass is 9.95. The van der Waals surface area contributed by atoms with Gasteiger partial charge in [-0.3, -0.25) is 4.40 Å². The molecule has 136 valence electrons. The summed E-state index contributed by atoms with van der Waals surface area (Å²) < 4.78 is 13.0. The molecule has 26 heavy (non-hydrogen) atoms. The van der Waals surface area contributed by atoms with E-state index in [-0.39, 0.29) is 0 Å². The van der Waals surface area contributed by atoms with Gasteiger partial charge in [-0.25, -0.2) is 4.98 Å². The Bertz CT molecular complexity index is 897. The van der Waals surface area contributed by atoms with Crippen molar-refractivity contribution in [3.8, 4) is 22.8 Å². The zero-order valence-electron chi connectivity index (χ0n) is 15.4. The fourth-order valence-electron chi connectivity index (χ4n) is 3.76. The average molecular weight is 351 g/mol. The summed E-state index contributed by atoms with van der Waals surface area (Å²) in [5.41, 5.74) is 2.91. The van der Waals surface area contributed by atoms with Gasteiger partial charge in [-0.2, -0.15) is 0 Å². The molecule has 5 heteroatoms. The molecule has 1 N–H and O–H groups in total. The fraction of sp³-hybridized carbons (Fsp3) is 0.381. The average Bonchev–Trinajstić information content (AvgIpc) is 3.07. The predicted octanol–water partition coefficient (Wildman–Crippen LogP) is 4.76. The molecule has 0 aliphatic heterocycles. The minimum atomic E-state index is 0.503. The van der Waals surface area contributed by atoms with Gasteiger partial charge >= 0.3 is 0 Å². The number of hydrogen-bond acceptors (Lipinski definition) is 4. The molecular weight excluding hydrogens is 326 g/mol. The second-order valence-electron chi connectivity index (χ2n) is 6.79. The Morgan fingerprint density at radius 3 is 2.58 bits per heavy atom. The molecule has 0 saturated heterocycles. The van der Waals surface area contributed by atoms with Crippen LogP contribution in [0.2, 0.25) is 0 Å². The normalized spacial score (nSPS) is 15.2. The van der Waals surface area contributed by atoms with E-state index in [1.54, 1.807) is 14.2 Å². The monoisotopic (exact) mass is 351 g/mol. The van der Waals surface area contributed by atoms with Crippen LogP contribution in [0, 0.1) is 0 Å². The molecule has 2 heterocycles. The van der Waals surface area contributed by atoms with Crippen molar-refractivity contribution in [3.63, 3.8) is 0 Å². The Balaban J connectivity index is 1.80. The zero-order valence-corrected chi connectivity index (χ0v) is 15.4. The molecule has 3 aromatic rings. The number of hydrogen-bond donors (Lipinski definition) is 1. The molecule has 1 aliphatic rings. The van der Waals surface area contributed by atoms with Crippen molar-refractivity contribution in [2.24, 2.45) is 0 Å². The first-order chi connectivity index (χ1) is 12.8. The molecule has 0 atom stereocenters. The molecule has 4 rings (SSSR count). The molecule has 0 bridgehead atoms. The van der Waals surface area contributed by atoms with Crippen LogP contribution < -0.4 is 14.8 Å². The third-order valence-corrected chi connectivity index (χ3v) is 5.13. The Kier molecular flexibility index (Phi) is 4.69. The molecule has 0 unspecified atom stereocenters. The van der Waals surface area contributed by atoms with Gasteiger partial charge in [0.2, 0.25) is 0 Å². The summed E-state index contributed by atoms with van der Waals surface area (Å²) in [7, 11) is 3.31. The Morgan fingerprint density at radius 1 is 1.00 bits per heavy atom. The summed E-state index contributed by atoms with van der Waals surface area (Å²) >= 11 is 0. The van der Waals surface area contributed by atoms with E-state index in [1.165, 1.54) is 32.1 Å². The second-order valence-corrected chi connectivity index (χ2v) is 6.79. The highest BCUT2D eigenvalue weighted by Gasteiger charge is 2.20. The molecule has 0 radical (unpaired) electrons. The summed E-state index contributed by atoms with van der Waals surface area (Å²) in [6.07, 6.45) is 8.42. The van der Waals surface area contributed by atoms with Gasteiger partial charge in [-0.1, -0.05) is 25.3 Å². The number of rotatable bonds is 5. The molecule has 0 spiro atoms. The number of benzene rings is 1. The smallest absolute Gasteiger partial charge is 0.161 e.